The summed E-state index contributed by atoms with van der Waals surface area (Å²) in [6.07, 6.45) is 2.01. The SMILES string of the molecule is N#CC1(N)CCC(=O)CC1. The molecule has 1 aliphatic carbocycles. The first-order valence-corrected chi connectivity index (χ1v) is 3.38. The number of carbonyl (C=O) groups is 1. The van der Waals surface area contributed by atoms with E-state index in [9.17, 15) is 4.79 Å². The van der Waals surface area contributed by atoms with Crippen LogP contribution in [0.1, 0.15) is 25.7 Å². The third-order valence-corrected chi connectivity index (χ3v) is 1.92. The highest BCUT2D eigenvalue weighted by Crippen LogP contribution is 2.22. The van der Waals surface area contributed by atoms with Gasteiger partial charge in [-0.25, -0.2) is 0 Å². The summed E-state index contributed by atoms with van der Waals surface area (Å²) >= 11 is 0. The van der Waals surface area contributed by atoms with Crippen molar-refractivity contribution in [3.63, 3.8) is 0 Å². The Morgan fingerprint density at radius 2 is 2.00 bits per heavy atom. The molecule has 3 nitrogen and oxygen atoms in total. The number of nitriles is 1. The van der Waals surface area contributed by atoms with Crippen molar-refractivity contribution in [2.45, 2.75) is 31.2 Å². The van der Waals surface area contributed by atoms with Gasteiger partial charge >= 0.3 is 0 Å². The van der Waals surface area contributed by atoms with Gasteiger partial charge in [-0.3, -0.25) is 4.79 Å². The van der Waals surface area contributed by atoms with Gasteiger partial charge in [0.05, 0.1) is 6.07 Å². The van der Waals surface area contributed by atoms with E-state index in [0.717, 1.165) is 0 Å². The van der Waals surface area contributed by atoms with Crippen molar-refractivity contribution in [1.29, 1.82) is 5.26 Å². The maximum atomic E-state index is 10.7. The van der Waals surface area contributed by atoms with Gasteiger partial charge in [-0.05, 0) is 12.8 Å². The smallest absolute Gasteiger partial charge is 0.133 e. The van der Waals surface area contributed by atoms with Crippen molar-refractivity contribution in [3.05, 3.63) is 0 Å². The largest absolute Gasteiger partial charge is 0.313 e. The predicted octanol–water partition coefficient (Wildman–Crippen LogP) is 0.351. The number of Topliss-reactive ketones (excluding diaryl/α,β-unsaturated/α-hetero) is 1. The van der Waals surface area contributed by atoms with Crippen molar-refractivity contribution < 1.29 is 4.79 Å². The summed E-state index contributed by atoms with van der Waals surface area (Å²) in [5, 5.41) is 8.55. The minimum atomic E-state index is -0.714. The van der Waals surface area contributed by atoms with E-state index in [0.29, 0.717) is 25.7 Å². The standard InChI is InChI=1S/C7H10N2O/c8-5-7(9)3-1-6(10)2-4-7/h1-4,9H2. The van der Waals surface area contributed by atoms with Gasteiger partial charge in [0.2, 0.25) is 0 Å². The van der Waals surface area contributed by atoms with Crippen molar-refractivity contribution in [2.75, 3.05) is 0 Å². The summed E-state index contributed by atoms with van der Waals surface area (Å²) in [4.78, 5) is 10.7. The molecule has 0 aromatic heterocycles. The Hall–Kier alpha value is -0.880. The zero-order chi connectivity index (χ0) is 7.61. The molecule has 0 saturated heterocycles. The lowest BCUT2D eigenvalue weighted by Crippen LogP contribution is -2.41. The average Bonchev–Trinajstić information content (AvgIpc) is 1.96. The van der Waals surface area contributed by atoms with Crippen LogP contribution in [0.2, 0.25) is 0 Å². The lowest BCUT2D eigenvalue weighted by Gasteiger charge is -2.24. The fraction of sp³-hybridized carbons (Fsp3) is 0.714. The normalized spacial score (nSPS) is 23.8. The van der Waals surface area contributed by atoms with E-state index in [-0.39, 0.29) is 5.78 Å². The van der Waals surface area contributed by atoms with Crippen LogP contribution in [-0.4, -0.2) is 11.3 Å². The topological polar surface area (TPSA) is 66.9 Å². The van der Waals surface area contributed by atoms with Crippen LogP contribution >= 0.6 is 0 Å². The molecule has 3 heteroatoms. The first-order valence-electron chi connectivity index (χ1n) is 3.38. The highest BCUT2D eigenvalue weighted by Gasteiger charge is 2.30. The molecular weight excluding hydrogens is 128 g/mol. The fourth-order valence-electron chi connectivity index (χ4n) is 1.09. The van der Waals surface area contributed by atoms with Crippen LogP contribution in [0.5, 0.6) is 0 Å². The molecule has 0 radical (unpaired) electrons. The van der Waals surface area contributed by atoms with Crippen LogP contribution in [0.3, 0.4) is 0 Å². The lowest BCUT2D eigenvalue weighted by molar-refractivity contribution is -0.120. The number of hydrogen-bond donors (Lipinski definition) is 1. The summed E-state index contributed by atoms with van der Waals surface area (Å²) < 4.78 is 0. The average molecular weight is 138 g/mol. The predicted molar refractivity (Wildman–Crippen MR) is 36.0 cm³/mol. The second-order valence-corrected chi connectivity index (χ2v) is 2.81. The maximum absolute atomic E-state index is 10.7. The van der Waals surface area contributed by atoms with Crippen molar-refractivity contribution in [2.24, 2.45) is 5.73 Å². The maximum Gasteiger partial charge on any atom is 0.133 e. The Morgan fingerprint density at radius 1 is 1.50 bits per heavy atom. The van der Waals surface area contributed by atoms with Gasteiger partial charge in [-0.1, -0.05) is 0 Å². The lowest BCUT2D eigenvalue weighted by atomic mass is 9.83. The van der Waals surface area contributed by atoms with Gasteiger partial charge < -0.3 is 5.73 Å². The van der Waals surface area contributed by atoms with E-state index in [1.54, 1.807) is 0 Å². The second-order valence-electron chi connectivity index (χ2n) is 2.81. The summed E-state index contributed by atoms with van der Waals surface area (Å²) in [5.41, 5.74) is 4.89. The molecule has 54 valence electrons. The van der Waals surface area contributed by atoms with E-state index in [1.807, 2.05) is 6.07 Å². The Kier molecular flexibility index (Phi) is 1.73. The van der Waals surface area contributed by atoms with E-state index >= 15 is 0 Å². The zero-order valence-corrected chi connectivity index (χ0v) is 5.76. The Bertz CT molecular complexity index is 182. The zero-order valence-electron chi connectivity index (χ0n) is 5.76. The first kappa shape index (κ1) is 7.23. The third kappa shape index (κ3) is 1.34. The molecule has 1 fully saturated rings. The molecule has 10 heavy (non-hydrogen) atoms. The molecule has 0 unspecified atom stereocenters. The number of ketones is 1. The van der Waals surface area contributed by atoms with Gasteiger partial charge in [-0.2, -0.15) is 5.26 Å². The second kappa shape index (κ2) is 2.39. The Balaban J connectivity index is 2.56. The Labute approximate surface area is 59.8 Å². The van der Waals surface area contributed by atoms with Gasteiger partial charge in [0.15, 0.2) is 0 Å². The molecule has 0 bridgehead atoms. The van der Waals surface area contributed by atoms with Gasteiger partial charge in [0, 0.05) is 12.8 Å². The minimum absolute atomic E-state index is 0.233. The highest BCUT2D eigenvalue weighted by molar-refractivity contribution is 5.79. The fourth-order valence-corrected chi connectivity index (χ4v) is 1.09. The van der Waals surface area contributed by atoms with Crippen molar-refractivity contribution >= 4 is 5.78 Å². The van der Waals surface area contributed by atoms with E-state index in [4.69, 9.17) is 11.0 Å². The molecule has 0 spiro atoms. The summed E-state index contributed by atoms with van der Waals surface area (Å²) in [6, 6.07) is 2.03. The number of carbonyl (C=O) groups excluding carboxylic acids is 1. The van der Waals surface area contributed by atoms with Crippen molar-refractivity contribution in [3.8, 4) is 6.07 Å². The number of hydrogen-bond acceptors (Lipinski definition) is 3. The first-order chi connectivity index (χ1) is 4.66. The molecule has 0 atom stereocenters. The Morgan fingerprint density at radius 3 is 2.40 bits per heavy atom. The van der Waals surface area contributed by atoms with Gasteiger partial charge in [0.1, 0.15) is 11.3 Å². The molecule has 0 amide bonds. The van der Waals surface area contributed by atoms with E-state index < -0.39 is 5.54 Å². The number of rotatable bonds is 0. The summed E-state index contributed by atoms with van der Waals surface area (Å²) in [7, 11) is 0. The molecule has 1 rings (SSSR count). The van der Waals surface area contributed by atoms with Crippen LogP contribution < -0.4 is 5.73 Å². The summed E-state index contributed by atoms with van der Waals surface area (Å²) in [5.74, 6) is 0.233. The number of nitrogens with two attached hydrogens (primary N) is 1. The monoisotopic (exact) mass is 138 g/mol. The quantitative estimate of drug-likeness (QED) is 0.525. The molecule has 2 N–H and O–H groups in total. The van der Waals surface area contributed by atoms with Crippen LogP contribution in [0.25, 0.3) is 0 Å². The molecular formula is C7H10N2O. The van der Waals surface area contributed by atoms with Crippen LogP contribution in [0.15, 0.2) is 0 Å². The molecule has 0 heterocycles. The van der Waals surface area contributed by atoms with Crippen LogP contribution in [-0.2, 0) is 4.79 Å². The van der Waals surface area contributed by atoms with E-state index in [2.05, 4.69) is 0 Å². The molecule has 1 saturated carbocycles. The number of nitrogens with zero attached hydrogens (tertiary/aromatic N) is 1. The molecule has 0 aromatic carbocycles. The minimum Gasteiger partial charge on any atom is -0.313 e. The molecule has 0 aromatic rings. The van der Waals surface area contributed by atoms with Gasteiger partial charge in [-0.15, -0.1) is 0 Å². The van der Waals surface area contributed by atoms with Crippen LogP contribution in [0, 0.1) is 11.3 Å². The molecule has 1 aliphatic rings. The molecule has 0 aliphatic heterocycles. The van der Waals surface area contributed by atoms with E-state index in [1.165, 1.54) is 0 Å². The third-order valence-electron chi connectivity index (χ3n) is 1.92. The summed E-state index contributed by atoms with van der Waals surface area (Å²) in [6.45, 7) is 0. The highest BCUT2D eigenvalue weighted by atomic mass is 16.1. The van der Waals surface area contributed by atoms with Crippen LogP contribution in [0.4, 0.5) is 0 Å². The van der Waals surface area contributed by atoms with Crippen molar-refractivity contribution in [1.82, 2.24) is 0 Å². The van der Waals surface area contributed by atoms with Gasteiger partial charge in [0.25, 0.3) is 0 Å².